The molecular formula is C18H20N2O3. The molecule has 1 atom stereocenters. The van der Waals surface area contributed by atoms with Gasteiger partial charge in [0, 0.05) is 17.2 Å². The number of hydrogen-bond acceptors (Lipinski definition) is 3. The fourth-order valence-electron chi connectivity index (χ4n) is 2.40. The second-order valence-corrected chi connectivity index (χ2v) is 5.80. The molecule has 23 heavy (non-hydrogen) atoms. The number of nitrogens with zero attached hydrogens (tertiary/aromatic N) is 1. The molecule has 2 aromatic carbocycles. The van der Waals surface area contributed by atoms with Gasteiger partial charge in [0.1, 0.15) is 0 Å². The first-order valence-electron chi connectivity index (χ1n) is 7.42. The average Bonchev–Trinajstić information content (AvgIpc) is 2.49. The second kappa shape index (κ2) is 6.60. The molecule has 0 aliphatic carbocycles. The molecule has 2 aromatic rings. The topological polar surface area (TPSA) is 72.2 Å². The van der Waals surface area contributed by atoms with Crippen molar-refractivity contribution in [3.8, 4) is 0 Å². The van der Waals surface area contributed by atoms with Gasteiger partial charge in [-0.05, 0) is 56.5 Å². The number of nitrogens with one attached hydrogen (secondary N) is 1. The number of carbonyl (C=O) groups excluding carboxylic acids is 1. The molecule has 120 valence electrons. The summed E-state index contributed by atoms with van der Waals surface area (Å²) < 4.78 is 0. The largest absolute Gasteiger partial charge is 0.346 e. The van der Waals surface area contributed by atoms with Crippen LogP contribution in [0.5, 0.6) is 0 Å². The zero-order valence-electron chi connectivity index (χ0n) is 13.7. The van der Waals surface area contributed by atoms with Crippen molar-refractivity contribution < 1.29 is 9.72 Å². The van der Waals surface area contributed by atoms with Crippen LogP contribution in [0.3, 0.4) is 0 Å². The molecule has 0 aliphatic rings. The van der Waals surface area contributed by atoms with E-state index in [-0.39, 0.29) is 17.6 Å². The SMILES string of the molecule is Cc1ccc([C@@H](C)NC(=O)c2ccc([N+](=O)[O-])c(C)c2)cc1C. The zero-order chi connectivity index (χ0) is 17.1. The summed E-state index contributed by atoms with van der Waals surface area (Å²) in [4.78, 5) is 22.7. The third-order valence-electron chi connectivity index (χ3n) is 4.03. The number of nitro benzene ring substituents is 1. The molecular weight excluding hydrogens is 292 g/mol. The summed E-state index contributed by atoms with van der Waals surface area (Å²) in [6.07, 6.45) is 0. The van der Waals surface area contributed by atoms with E-state index < -0.39 is 4.92 Å². The monoisotopic (exact) mass is 312 g/mol. The van der Waals surface area contributed by atoms with Crippen molar-refractivity contribution in [1.82, 2.24) is 5.32 Å². The van der Waals surface area contributed by atoms with Gasteiger partial charge in [0.15, 0.2) is 0 Å². The van der Waals surface area contributed by atoms with Crippen LogP contribution in [0.4, 0.5) is 5.69 Å². The maximum Gasteiger partial charge on any atom is 0.272 e. The number of nitro groups is 1. The van der Waals surface area contributed by atoms with E-state index in [1.165, 1.54) is 23.3 Å². The van der Waals surface area contributed by atoms with Crippen LogP contribution in [0.25, 0.3) is 0 Å². The van der Waals surface area contributed by atoms with E-state index in [4.69, 9.17) is 0 Å². The second-order valence-electron chi connectivity index (χ2n) is 5.80. The molecule has 0 bridgehead atoms. The van der Waals surface area contributed by atoms with E-state index >= 15 is 0 Å². The molecule has 2 rings (SSSR count). The highest BCUT2D eigenvalue weighted by atomic mass is 16.6. The molecule has 0 heterocycles. The Morgan fingerprint density at radius 2 is 1.74 bits per heavy atom. The van der Waals surface area contributed by atoms with Crippen LogP contribution >= 0.6 is 0 Å². The van der Waals surface area contributed by atoms with E-state index in [0.717, 1.165) is 5.56 Å². The van der Waals surface area contributed by atoms with Crippen molar-refractivity contribution in [3.05, 3.63) is 74.3 Å². The molecule has 0 aromatic heterocycles. The Hall–Kier alpha value is -2.69. The van der Waals surface area contributed by atoms with Crippen molar-refractivity contribution in [1.29, 1.82) is 0 Å². The Labute approximate surface area is 135 Å². The van der Waals surface area contributed by atoms with Gasteiger partial charge in [0.05, 0.1) is 11.0 Å². The molecule has 0 fully saturated rings. The normalized spacial score (nSPS) is 11.8. The van der Waals surface area contributed by atoms with Gasteiger partial charge >= 0.3 is 0 Å². The van der Waals surface area contributed by atoms with E-state index in [1.54, 1.807) is 13.0 Å². The van der Waals surface area contributed by atoms with Crippen molar-refractivity contribution in [2.24, 2.45) is 0 Å². The molecule has 0 unspecified atom stereocenters. The Bertz CT molecular complexity index is 769. The van der Waals surface area contributed by atoms with Gasteiger partial charge in [0.25, 0.3) is 11.6 Å². The van der Waals surface area contributed by atoms with Crippen LogP contribution in [0, 0.1) is 30.9 Å². The summed E-state index contributed by atoms with van der Waals surface area (Å²) in [5.41, 5.74) is 4.32. The van der Waals surface area contributed by atoms with E-state index in [0.29, 0.717) is 11.1 Å². The Kier molecular flexibility index (Phi) is 4.79. The quantitative estimate of drug-likeness (QED) is 0.685. The number of benzene rings is 2. The molecule has 0 saturated carbocycles. The summed E-state index contributed by atoms with van der Waals surface area (Å²) >= 11 is 0. The highest BCUT2D eigenvalue weighted by Gasteiger charge is 2.16. The predicted molar refractivity (Wildman–Crippen MR) is 89.6 cm³/mol. The minimum Gasteiger partial charge on any atom is -0.346 e. The Balaban J connectivity index is 2.16. The lowest BCUT2D eigenvalue weighted by atomic mass is 10.0. The van der Waals surface area contributed by atoms with Crippen LogP contribution < -0.4 is 5.32 Å². The van der Waals surface area contributed by atoms with E-state index in [1.807, 2.05) is 32.9 Å². The predicted octanol–water partition coefficient (Wildman–Crippen LogP) is 4.01. The van der Waals surface area contributed by atoms with Gasteiger partial charge in [-0.25, -0.2) is 0 Å². The third kappa shape index (κ3) is 3.74. The first kappa shape index (κ1) is 16.7. The van der Waals surface area contributed by atoms with Crippen molar-refractivity contribution in [2.45, 2.75) is 33.7 Å². The average molecular weight is 312 g/mol. The Morgan fingerprint density at radius 1 is 1.04 bits per heavy atom. The maximum atomic E-state index is 12.3. The molecule has 0 radical (unpaired) electrons. The van der Waals surface area contributed by atoms with Crippen molar-refractivity contribution >= 4 is 11.6 Å². The highest BCUT2D eigenvalue weighted by Crippen LogP contribution is 2.20. The minimum absolute atomic E-state index is 0.0174. The minimum atomic E-state index is -0.450. The fraction of sp³-hybridized carbons (Fsp3) is 0.278. The third-order valence-corrected chi connectivity index (χ3v) is 4.03. The fourth-order valence-corrected chi connectivity index (χ4v) is 2.40. The number of hydrogen-bond donors (Lipinski definition) is 1. The van der Waals surface area contributed by atoms with Gasteiger partial charge in [-0.1, -0.05) is 18.2 Å². The summed E-state index contributed by atoms with van der Waals surface area (Å²) in [5.74, 6) is -0.242. The summed E-state index contributed by atoms with van der Waals surface area (Å²) in [5, 5.41) is 13.8. The lowest BCUT2D eigenvalue weighted by molar-refractivity contribution is -0.385. The number of amides is 1. The summed E-state index contributed by atoms with van der Waals surface area (Å²) in [7, 11) is 0. The zero-order valence-corrected chi connectivity index (χ0v) is 13.7. The van der Waals surface area contributed by atoms with Crippen LogP contribution in [0.15, 0.2) is 36.4 Å². The van der Waals surface area contributed by atoms with Crippen molar-refractivity contribution in [3.63, 3.8) is 0 Å². The van der Waals surface area contributed by atoms with Gasteiger partial charge < -0.3 is 5.32 Å². The van der Waals surface area contributed by atoms with Crippen molar-refractivity contribution in [2.75, 3.05) is 0 Å². The summed E-state index contributed by atoms with van der Waals surface area (Å²) in [6.45, 7) is 7.62. The van der Waals surface area contributed by atoms with Crippen LogP contribution in [-0.4, -0.2) is 10.8 Å². The lowest BCUT2D eigenvalue weighted by Gasteiger charge is -2.16. The first-order chi connectivity index (χ1) is 10.8. The van der Waals surface area contributed by atoms with E-state index in [2.05, 4.69) is 11.4 Å². The maximum absolute atomic E-state index is 12.3. The molecule has 0 aliphatic heterocycles. The molecule has 0 saturated heterocycles. The molecule has 1 N–H and O–H groups in total. The van der Waals surface area contributed by atoms with Gasteiger partial charge in [-0.2, -0.15) is 0 Å². The van der Waals surface area contributed by atoms with Gasteiger partial charge in [-0.3, -0.25) is 14.9 Å². The van der Waals surface area contributed by atoms with Crippen LogP contribution in [0.2, 0.25) is 0 Å². The molecule has 5 nitrogen and oxygen atoms in total. The van der Waals surface area contributed by atoms with Crippen LogP contribution in [0.1, 0.15) is 45.6 Å². The summed E-state index contributed by atoms with van der Waals surface area (Å²) in [6, 6.07) is 10.3. The van der Waals surface area contributed by atoms with Gasteiger partial charge in [0.2, 0.25) is 0 Å². The van der Waals surface area contributed by atoms with Crippen LogP contribution in [-0.2, 0) is 0 Å². The van der Waals surface area contributed by atoms with Gasteiger partial charge in [-0.15, -0.1) is 0 Å². The smallest absolute Gasteiger partial charge is 0.272 e. The number of carbonyl (C=O) groups is 1. The lowest BCUT2D eigenvalue weighted by Crippen LogP contribution is -2.26. The number of rotatable bonds is 4. The highest BCUT2D eigenvalue weighted by molar-refractivity contribution is 5.95. The number of aryl methyl sites for hydroxylation is 3. The Morgan fingerprint density at radius 3 is 2.30 bits per heavy atom. The molecule has 5 heteroatoms. The molecule has 1 amide bonds. The molecule has 0 spiro atoms. The standard InChI is InChI=1S/C18H20N2O3/c1-11-5-6-15(9-12(11)2)14(4)19-18(21)16-7-8-17(20(22)23)13(3)10-16/h5-10,14H,1-4H3,(H,19,21)/t14-/m1/s1. The van der Waals surface area contributed by atoms with E-state index in [9.17, 15) is 14.9 Å². The first-order valence-corrected chi connectivity index (χ1v) is 7.42.